The van der Waals surface area contributed by atoms with Crippen LogP contribution in [0.3, 0.4) is 0 Å². The van der Waals surface area contributed by atoms with Gasteiger partial charge in [0.25, 0.3) is 5.91 Å². The Morgan fingerprint density at radius 3 is 2.92 bits per heavy atom. The van der Waals surface area contributed by atoms with Crippen molar-refractivity contribution in [2.45, 2.75) is 0 Å². The molecule has 0 aliphatic rings. The van der Waals surface area contributed by atoms with E-state index in [2.05, 4.69) is 20.4 Å². The van der Waals surface area contributed by atoms with Gasteiger partial charge in [-0.1, -0.05) is 28.9 Å². The highest BCUT2D eigenvalue weighted by molar-refractivity contribution is 7.14. The van der Waals surface area contributed by atoms with Crippen molar-refractivity contribution in [2.75, 3.05) is 5.32 Å². The van der Waals surface area contributed by atoms with Crippen molar-refractivity contribution in [2.24, 2.45) is 0 Å². The third-order valence-electron chi connectivity index (χ3n) is 3.48. The number of amides is 1. The van der Waals surface area contributed by atoms with E-state index >= 15 is 0 Å². The second-order valence-corrected chi connectivity index (χ2v) is 6.40. The molecule has 3 heterocycles. The summed E-state index contributed by atoms with van der Waals surface area (Å²) in [6.45, 7) is 0. The van der Waals surface area contributed by atoms with Crippen LogP contribution >= 0.6 is 22.9 Å². The van der Waals surface area contributed by atoms with Gasteiger partial charge in [-0.3, -0.25) is 10.1 Å². The molecule has 0 saturated carbocycles. The number of thiazole rings is 1. The Hall–Kier alpha value is -2.90. The molecular weight excluding hydrogens is 360 g/mol. The molecule has 0 spiro atoms. The molecule has 0 atom stereocenters. The Labute approximate surface area is 151 Å². The van der Waals surface area contributed by atoms with Gasteiger partial charge < -0.3 is 9.51 Å². The fraction of sp³-hybridized carbons (Fsp3) is 0. The molecule has 25 heavy (non-hydrogen) atoms. The maximum Gasteiger partial charge on any atom is 0.279 e. The van der Waals surface area contributed by atoms with Crippen LogP contribution in [0.25, 0.3) is 22.7 Å². The topological polar surface area (TPSA) is 83.8 Å². The van der Waals surface area contributed by atoms with Crippen molar-refractivity contribution in [3.05, 3.63) is 64.8 Å². The predicted octanol–water partition coefficient (Wildman–Crippen LogP) is 4.70. The van der Waals surface area contributed by atoms with Crippen LogP contribution in [0, 0.1) is 0 Å². The Balaban J connectivity index is 1.52. The Morgan fingerprint density at radius 2 is 2.12 bits per heavy atom. The normalized spacial score (nSPS) is 10.8. The number of rotatable bonds is 4. The number of nitrogens with one attached hydrogen (secondary N) is 2. The number of carbonyl (C=O) groups is 1. The van der Waals surface area contributed by atoms with E-state index in [9.17, 15) is 4.79 Å². The summed E-state index contributed by atoms with van der Waals surface area (Å²) < 4.78 is 5.24. The maximum absolute atomic E-state index is 12.3. The molecule has 1 aromatic carbocycles. The lowest BCUT2D eigenvalue weighted by Crippen LogP contribution is -2.11. The van der Waals surface area contributed by atoms with Crippen LogP contribution in [0.5, 0.6) is 0 Å². The van der Waals surface area contributed by atoms with Gasteiger partial charge in [0.2, 0.25) is 0 Å². The molecule has 1 amide bonds. The van der Waals surface area contributed by atoms with Crippen LogP contribution < -0.4 is 5.32 Å². The minimum absolute atomic E-state index is 0.159. The molecule has 0 fully saturated rings. The van der Waals surface area contributed by atoms with E-state index in [0.717, 1.165) is 11.4 Å². The zero-order valence-corrected chi connectivity index (χ0v) is 14.3. The fourth-order valence-corrected chi connectivity index (χ4v) is 3.21. The number of carbonyl (C=O) groups excluding carboxylic acids is 1. The highest BCUT2D eigenvalue weighted by atomic mass is 35.5. The van der Waals surface area contributed by atoms with Crippen molar-refractivity contribution in [3.8, 4) is 22.7 Å². The maximum atomic E-state index is 12.3. The van der Waals surface area contributed by atoms with Crippen molar-refractivity contribution in [3.63, 3.8) is 0 Å². The van der Waals surface area contributed by atoms with Gasteiger partial charge in [-0.05, 0) is 24.3 Å². The molecule has 2 N–H and O–H groups in total. The van der Waals surface area contributed by atoms with E-state index < -0.39 is 5.91 Å². The molecule has 0 radical (unpaired) electrons. The van der Waals surface area contributed by atoms with Crippen LogP contribution in [0.4, 0.5) is 5.13 Å². The number of aromatic amines is 1. The third-order valence-corrected chi connectivity index (χ3v) is 4.57. The summed E-state index contributed by atoms with van der Waals surface area (Å²) in [4.78, 5) is 19.8. The van der Waals surface area contributed by atoms with E-state index in [0.29, 0.717) is 21.5 Å². The van der Waals surface area contributed by atoms with Gasteiger partial charge in [-0.25, -0.2) is 4.98 Å². The van der Waals surface area contributed by atoms with Crippen LogP contribution in [0.2, 0.25) is 5.02 Å². The molecule has 6 nitrogen and oxygen atoms in total. The number of anilines is 1. The van der Waals surface area contributed by atoms with Gasteiger partial charge >= 0.3 is 0 Å². The number of aromatic nitrogens is 3. The minimum atomic E-state index is -0.394. The average molecular weight is 371 g/mol. The van der Waals surface area contributed by atoms with E-state index in [4.69, 9.17) is 16.1 Å². The molecular formula is C17H11ClN4O2S. The molecule has 0 unspecified atom stereocenters. The van der Waals surface area contributed by atoms with Crippen molar-refractivity contribution < 1.29 is 9.32 Å². The van der Waals surface area contributed by atoms with Crippen LogP contribution in [-0.2, 0) is 0 Å². The number of benzene rings is 1. The summed E-state index contributed by atoms with van der Waals surface area (Å²) >= 11 is 7.46. The summed E-state index contributed by atoms with van der Waals surface area (Å²) in [7, 11) is 0. The van der Waals surface area contributed by atoms with Gasteiger partial charge in [0.05, 0.1) is 16.4 Å². The molecule has 3 aromatic heterocycles. The van der Waals surface area contributed by atoms with E-state index in [1.165, 1.54) is 11.3 Å². The second-order valence-electron chi connectivity index (χ2n) is 5.13. The largest absolute Gasteiger partial charge is 0.360 e. The Kier molecular flexibility index (Phi) is 4.09. The number of hydrogen-bond donors (Lipinski definition) is 2. The summed E-state index contributed by atoms with van der Waals surface area (Å²) in [5.74, 6) is 0.0383. The quantitative estimate of drug-likeness (QED) is 0.545. The van der Waals surface area contributed by atoms with Gasteiger partial charge in [-0.2, -0.15) is 0 Å². The molecule has 0 saturated heterocycles. The lowest BCUT2D eigenvalue weighted by Gasteiger charge is -1.97. The zero-order chi connectivity index (χ0) is 17.2. The number of hydrogen-bond acceptors (Lipinski definition) is 5. The van der Waals surface area contributed by atoms with Crippen LogP contribution in [-0.4, -0.2) is 21.0 Å². The summed E-state index contributed by atoms with van der Waals surface area (Å²) in [5.41, 5.74) is 2.49. The molecule has 124 valence electrons. The fourth-order valence-electron chi connectivity index (χ4n) is 2.28. The average Bonchev–Trinajstić information content (AvgIpc) is 3.36. The second kappa shape index (κ2) is 6.54. The highest BCUT2D eigenvalue weighted by Crippen LogP contribution is 2.28. The lowest BCUT2D eigenvalue weighted by atomic mass is 10.1. The van der Waals surface area contributed by atoms with E-state index in [1.807, 2.05) is 35.8 Å². The van der Waals surface area contributed by atoms with Gasteiger partial charge in [0.15, 0.2) is 16.6 Å². The monoisotopic (exact) mass is 370 g/mol. The van der Waals surface area contributed by atoms with Gasteiger partial charge in [0.1, 0.15) is 0 Å². The first-order chi connectivity index (χ1) is 12.2. The lowest BCUT2D eigenvalue weighted by molar-refractivity contribution is 0.101. The molecule has 4 rings (SSSR count). The molecule has 8 heteroatoms. The first-order valence-electron chi connectivity index (χ1n) is 7.33. The predicted molar refractivity (Wildman–Crippen MR) is 96.8 cm³/mol. The van der Waals surface area contributed by atoms with Crippen molar-refractivity contribution >= 4 is 34.0 Å². The summed E-state index contributed by atoms with van der Waals surface area (Å²) in [6, 6.07) is 12.6. The third kappa shape index (κ3) is 3.19. The standard InChI is InChI=1S/C17H11ClN4O2S/c18-11-5-2-1-4-10(11)15-8-13(22-24-15)16(23)21-17-20-14(9-25-17)12-6-3-7-19-12/h1-9,19H,(H,20,21,23). The Morgan fingerprint density at radius 1 is 1.24 bits per heavy atom. The van der Waals surface area contributed by atoms with Crippen molar-refractivity contribution in [1.29, 1.82) is 0 Å². The van der Waals surface area contributed by atoms with Gasteiger partial charge in [-0.15, -0.1) is 11.3 Å². The first-order valence-corrected chi connectivity index (χ1v) is 8.59. The first kappa shape index (κ1) is 15.6. The molecule has 0 bridgehead atoms. The van der Waals surface area contributed by atoms with E-state index in [-0.39, 0.29) is 5.69 Å². The molecule has 0 aliphatic carbocycles. The number of nitrogens with zero attached hydrogens (tertiary/aromatic N) is 2. The molecule has 0 aliphatic heterocycles. The molecule has 4 aromatic rings. The minimum Gasteiger partial charge on any atom is -0.360 e. The summed E-state index contributed by atoms with van der Waals surface area (Å²) in [5, 5.41) is 9.40. The number of halogens is 1. The van der Waals surface area contributed by atoms with Crippen LogP contribution in [0.1, 0.15) is 10.5 Å². The van der Waals surface area contributed by atoms with E-state index in [1.54, 1.807) is 18.2 Å². The van der Waals surface area contributed by atoms with Crippen LogP contribution in [0.15, 0.2) is 58.6 Å². The Bertz CT molecular complexity index is 1020. The SMILES string of the molecule is O=C(Nc1nc(-c2ccc[nH]2)cs1)c1cc(-c2ccccc2Cl)on1. The number of H-pyrrole nitrogens is 1. The highest BCUT2D eigenvalue weighted by Gasteiger charge is 2.17. The van der Waals surface area contributed by atoms with Gasteiger partial charge in [0, 0.05) is 23.2 Å². The zero-order valence-electron chi connectivity index (χ0n) is 12.7. The van der Waals surface area contributed by atoms with Crippen molar-refractivity contribution in [1.82, 2.24) is 15.1 Å². The summed E-state index contributed by atoms with van der Waals surface area (Å²) in [6.07, 6.45) is 1.82. The smallest absolute Gasteiger partial charge is 0.279 e.